The molecule has 1 saturated heterocycles. The fourth-order valence-corrected chi connectivity index (χ4v) is 8.19. The second kappa shape index (κ2) is 41.7. The number of rotatable bonds is 44. The largest absolute Gasteiger partial charge is 0.457 e. The lowest BCUT2D eigenvalue weighted by Gasteiger charge is -2.41. The highest BCUT2D eigenvalue weighted by molar-refractivity contribution is 7.80. The molecular formula is C50H92O12S. The molecule has 6 unspecified atom stereocenters. The first kappa shape index (κ1) is 59.3. The van der Waals surface area contributed by atoms with Crippen LogP contribution in [0.1, 0.15) is 213 Å². The summed E-state index contributed by atoms with van der Waals surface area (Å²) in [5.74, 6) is -0.409. The van der Waals surface area contributed by atoms with Crippen molar-refractivity contribution in [2.24, 2.45) is 0 Å². The minimum absolute atomic E-state index is 0.0334. The van der Waals surface area contributed by atoms with Gasteiger partial charge in [-0.1, -0.05) is 192 Å². The number of esters is 1. The molecule has 0 spiro atoms. The van der Waals surface area contributed by atoms with E-state index in [2.05, 4.69) is 54.5 Å². The van der Waals surface area contributed by atoms with E-state index in [1.165, 1.54) is 116 Å². The van der Waals surface area contributed by atoms with E-state index >= 15 is 0 Å². The molecule has 0 bridgehead atoms. The molecule has 1 aliphatic heterocycles. The molecular weight excluding hydrogens is 825 g/mol. The van der Waals surface area contributed by atoms with E-state index in [1.807, 2.05) is 0 Å². The lowest BCUT2D eigenvalue weighted by Crippen LogP contribution is -2.60. The first-order chi connectivity index (χ1) is 30.6. The zero-order valence-corrected chi connectivity index (χ0v) is 40.5. The molecule has 0 saturated carbocycles. The van der Waals surface area contributed by atoms with Gasteiger partial charge in [-0.2, -0.15) is 8.42 Å². The number of hydrogen-bond acceptors (Lipinski definition) is 11. The van der Waals surface area contributed by atoms with Crippen molar-refractivity contribution in [3.05, 3.63) is 36.5 Å². The Hall–Kier alpha value is -1.68. The summed E-state index contributed by atoms with van der Waals surface area (Å²) in [5, 5.41) is 30.7. The number of ether oxygens (including phenoxy) is 4. The number of allylic oxidation sites excluding steroid dienone is 6. The van der Waals surface area contributed by atoms with Crippen LogP contribution < -0.4 is 0 Å². The molecule has 0 aromatic heterocycles. The van der Waals surface area contributed by atoms with Crippen molar-refractivity contribution in [2.45, 2.75) is 250 Å². The molecule has 6 atom stereocenters. The van der Waals surface area contributed by atoms with Gasteiger partial charge in [0, 0.05) is 13.0 Å². The smallest absolute Gasteiger partial charge is 0.397 e. The quantitative estimate of drug-likeness (QED) is 0.0197. The maximum Gasteiger partial charge on any atom is 0.397 e. The lowest BCUT2D eigenvalue weighted by atomic mass is 9.99. The van der Waals surface area contributed by atoms with Crippen molar-refractivity contribution in [3.8, 4) is 0 Å². The summed E-state index contributed by atoms with van der Waals surface area (Å²) in [5.41, 5.74) is 0. The molecule has 63 heavy (non-hydrogen) atoms. The van der Waals surface area contributed by atoms with Crippen molar-refractivity contribution in [2.75, 3.05) is 26.4 Å². The maximum absolute atomic E-state index is 12.9. The number of aliphatic hydroxyl groups is 3. The monoisotopic (exact) mass is 917 g/mol. The van der Waals surface area contributed by atoms with Crippen LogP contribution in [-0.4, -0.2) is 97.5 Å². The normalized spacial score (nSPS) is 20.1. The van der Waals surface area contributed by atoms with Crippen molar-refractivity contribution >= 4 is 16.4 Å². The van der Waals surface area contributed by atoms with Crippen LogP contribution in [0, 0.1) is 0 Å². The third-order valence-corrected chi connectivity index (χ3v) is 12.0. The molecule has 1 aliphatic rings. The molecule has 1 fully saturated rings. The van der Waals surface area contributed by atoms with Gasteiger partial charge < -0.3 is 34.3 Å². The van der Waals surface area contributed by atoms with Crippen LogP contribution >= 0.6 is 0 Å². The summed E-state index contributed by atoms with van der Waals surface area (Å²) in [4.78, 5) is 12.9. The summed E-state index contributed by atoms with van der Waals surface area (Å²) >= 11 is 0. The van der Waals surface area contributed by atoms with Crippen LogP contribution in [0.4, 0.5) is 0 Å². The number of unbranched alkanes of at least 4 members (excludes halogenated alkanes) is 25. The molecule has 370 valence electrons. The van der Waals surface area contributed by atoms with Gasteiger partial charge in [-0.15, -0.1) is 0 Å². The van der Waals surface area contributed by atoms with Gasteiger partial charge in [-0.25, -0.2) is 4.18 Å². The third kappa shape index (κ3) is 35.2. The van der Waals surface area contributed by atoms with Gasteiger partial charge in [0.25, 0.3) is 0 Å². The van der Waals surface area contributed by atoms with Crippen LogP contribution in [0.5, 0.6) is 0 Å². The first-order valence-electron chi connectivity index (χ1n) is 25.2. The minimum Gasteiger partial charge on any atom is -0.457 e. The third-order valence-electron chi connectivity index (χ3n) is 11.5. The Morgan fingerprint density at radius 1 is 0.603 bits per heavy atom. The SMILES string of the molecule is CCCCC/C=C\C/C=C\C/C=C\CCCCCCCCC(=O)OC(COCCCCCCCCCCCCCCCCCCC)COC1OC(CO)C(O)C(OS(=O)(=O)O)C1O. The predicted octanol–water partition coefficient (Wildman–Crippen LogP) is 11.4. The van der Waals surface area contributed by atoms with Gasteiger partial charge in [0.1, 0.15) is 30.5 Å². The Morgan fingerprint density at radius 3 is 1.56 bits per heavy atom. The summed E-state index contributed by atoms with van der Waals surface area (Å²) in [6, 6.07) is 0. The molecule has 13 heteroatoms. The summed E-state index contributed by atoms with van der Waals surface area (Å²) in [6.07, 6.45) is 40.2. The molecule has 0 aliphatic carbocycles. The summed E-state index contributed by atoms with van der Waals surface area (Å²) in [6.45, 7) is 3.98. The van der Waals surface area contributed by atoms with E-state index in [0.717, 1.165) is 70.6 Å². The predicted molar refractivity (Wildman–Crippen MR) is 253 cm³/mol. The van der Waals surface area contributed by atoms with Crippen molar-refractivity contribution in [1.29, 1.82) is 0 Å². The molecule has 0 radical (unpaired) electrons. The molecule has 1 heterocycles. The Morgan fingerprint density at radius 2 is 1.05 bits per heavy atom. The average Bonchev–Trinajstić information content (AvgIpc) is 3.26. The van der Waals surface area contributed by atoms with E-state index in [0.29, 0.717) is 13.0 Å². The molecule has 0 aromatic carbocycles. The lowest BCUT2D eigenvalue weighted by molar-refractivity contribution is -0.301. The number of carbonyl (C=O) groups is 1. The van der Waals surface area contributed by atoms with E-state index in [-0.39, 0.29) is 19.6 Å². The van der Waals surface area contributed by atoms with Crippen LogP contribution in [0.3, 0.4) is 0 Å². The summed E-state index contributed by atoms with van der Waals surface area (Å²) < 4.78 is 59.2. The van der Waals surface area contributed by atoms with Gasteiger partial charge in [0.15, 0.2) is 6.29 Å². The van der Waals surface area contributed by atoms with Crippen molar-refractivity contribution in [1.82, 2.24) is 0 Å². The molecule has 4 N–H and O–H groups in total. The van der Waals surface area contributed by atoms with Crippen molar-refractivity contribution < 1.29 is 56.2 Å². The molecule has 1 rings (SSSR count). The zero-order chi connectivity index (χ0) is 46.1. The summed E-state index contributed by atoms with van der Waals surface area (Å²) in [7, 11) is -5.06. The second-order valence-electron chi connectivity index (χ2n) is 17.4. The van der Waals surface area contributed by atoms with Gasteiger partial charge in [-0.05, 0) is 51.4 Å². The van der Waals surface area contributed by atoms with Gasteiger partial charge in [0.2, 0.25) is 0 Å². The topological polar surface area (TPSA) is 178 Å². The molecule has 12 nitrogen and oxygen atoms in total. The highest BCUT2D eigenvalue weighted by atomic mass is 32.3. The Balaban J connectivity index is 2.38. The van der Waals surface area contributed by atoms with Crippen LogP contribution in [0.2, 0.25) is 0 Å². The van der Waals surface area contributed by atoms with Crippen LogP contribution in [0.25, 0.3) is 0 Å². The highest BCUT2D eigenvalue weighted by Crippen LogP contribution is 2.26. The van der Waals surface area contributed by atoms with Gasteiger partial charge in [-0.3, -0.25) is 9.35 Å². The zero-order valence-electron chi connectivity index (χ0n) is 39.6. The van der Waals surface area contributed by atoms with E-state index < -0.39 is 59.8 Å². The Bertz CT molecular complexity index is 1240. The minimum atomic E-state index is -5.06. The Kier molecular flexibility index (Phi) is 39.3. The number of carbonyl (C=O) groups excluding carboxylic acids is 1. The van der Waals surface area contributed by atoms with E-state index in [4.69, 9.17) is 18.9 Å². The van der Waals surface area contributed by atoms with Crippen molar-refractivity contribution in [3.63, 3.8) is 0 Å². The molecule has 0 aromatic rings. The van der Waals surface area contributed by atoms with Gasteiger partial charge >= 0.3 is 16.4 Å². The van der Waals surface area contributed by atoms with Gasteiger partial charge in [0.05, 0.1) is 19.8 Å². The number of hydrogen-bond donors (Lipinski definition) is 4. The van der Waals surface area contributed by atoms with E-state index in [1.54, 1.807) is 0 Å². The highest BCUT2D eigenvalue weighted by Gasteiger charge is 2.48. The maximum atomic E-state index is 12.9. The standard InChI is InChI=1S/C50H92O12S/c1-3-5-7-9-11-13-15-17-19-21-22-23-25-27-29-31-33-35-37-39-46(52)60-44(43-59-50-48(54)49(62-63(55,56)57)47(53)45(41-51)61-50)42-58-40-38-36-34-32-30-28-26-24-20-18-16-14-12-10-8-6-4-2/h11,13,17,19,22-23,44-45,47-51,53-54H,3-10,12,14-16,18,20-21,24-43H2,1-2H3,(H,55,56,57)/b13-11-,19-17-,23-22-. The fraction of sp³-hybridized carbons (Fsp3) is 0.860. The van der Waals surface area contributed by atoms with Crippen LogP contribution in [0.15, 0.2) is 36.5 Å². The first-order valence-corrected chi connectivity index (χ1v) is 26.6. The fourth-order valence-electron chi connectivity index (χ4n) is 7.68. The average molecular weight is 917 g/mol. The second-order valence-corrected chi connectivity index (χ2v) is 18.5. The molecule has 0 amide bonds. The van der Waals surface area contributed by atoms with Crippen LogP contribution in [-0.2, 0) is 38.3 Å². The van der Waals surface area contributed by atoms with E-state index in [9.17, 15) is 33.1 Å². The number of aliphatic hydroxyl groups excluding tert-OH is 3. The Labute approximate surface area is 383 Å².